The van der Waals surface area contributed by atoms with E-state index in [1.807, 2.05) is 0 Å². The number of morpholine rings is 1. The molecule has 1 aliphatic carbocycles. The molecule has 0 spiro atoms. The van der Waals surface area contributed by atoms with Gasteiger partial charge in [-0.3, -0.25) is 4.79 Å². The van der Waals surface area contributed by atoms with Crippen LogP contribution in [0, 0.1) is 5.41 Å². The quantitative estimate of drug-likeness (QED) is 0.550. The normalized spacial score (nSPS) is 19.6. The second kappa shape index (κ2) is 7.50. The van der Waals surface area contributed by atoms with E-state index in [9.17, 15) is 4.79 Å². The number of hydrogen-bond donors (Lipinski definition) is 0. The highest BCUT2D eigenvalue weighted by Crippen LogP contribution is 2.47. The molecule has 1 aromatic rings. The predicted octanol–water partition coefficient (Wildman–Crippen LogP) is 4.53. The Bertz CT molecular complexity index is 656. The van der Waals surface area contributed by atoms with Gasteiger partial charge in [-0.05, 0) is 23.8 Å². The van der Waals surface area contributed by atoms with Crippen LogP contribution in [0.15, 0.2) is 6.58 Å². The minimum atomic E-state index is -0.00805. The number of Topliss-reactive ketones (excluding diaryl/α,β-unsaturated/α-hetero) is 1. The van der Waals surface area contributed by atoms with Crippen LogP contribution in [0.4, 0.5) is 5.00 Å². The Morgan fingerprint density at radius 2 is 2.04 bits per heavy atom. The SMILES string of the molecule is C=C(OCCCC)c1c(N2CCOCC2)sc2c1CC(C)(C)CC2=O. The molecule has 0 radical (unpaired) electrons. The number of fused-ring (bicyclic) bond motifs is 1. The fraction of sp³-hybridized carbons (Fsp3) is 0.650. The number of ether oxygens (including phenoxy) is 2. The van der Waals surface area contributed by atoms with E-state index in [1.165, 1.54) is 0 Å². The van der Waals surface area contributed by atoms with Crippen LogP contribution in [-0.2, 0) is 15.9 Å². The Morgan fingerprint density at radius 3 is 2.72 bits per heavy atom. The second-order valence-corrected chi connectivity index (χ2v) is 8.75. The van der Waals surface area contributed by atoms with Crippen LogP contribution in [0.5, 0.6) is 0 Å². The van der Waals surface area contributed by atoms with E-state index < -0.39 is 0 Å². The molecule has 0 saturated carbocycles. The smallest absolute Gasteiger partial charge is 0.173 e. The van der Waals surface area contributed by atoms with Crippen molar-refractivity contribution in [1.82, 2.24) is 0 Å². The zero-order valence-electron chi connectivity index (χ0n) is 15.7. The Morgan fingerprint density at radius 1 is 1.32 bits per heavy atom. The van der Waals surface area contributed by atoms with Crippen molar-refractivity contribution < 1.29 is 14.3 Å². The Kier molecular flexibility index (Phi) is 5.54. The molecule has 1 saturated heterocycles. The number of ketones is 1. The fourth-order valence-corrected chi connectivity index (χ4v) is 4.92. The molecule has 5 heteroatoms. The van der Waals surface area contributed by atoms with Gasteiger partial charge < -0.3 is 14.4 Å². The van der Waals surface area contributed by atoms with Gasteiger partial charge in [0.15, 0.2) is 5.78 Å². The third-order valence-electron chi connectivity index (χ3n) is 4.89. The number of hydrogen-bond acceptors (Lipinski definition) is 5. The first-order chi connectivity index (χ1) is 11.9. The molecule has 0 bridgehead atoms. The molecule has 4 nitrogen and oxygen atoms in total. The maximum absolute atomic E-state index is 12.7. The van der Waals surface area contributed by atoms with Crippen molar-refractivity contribution in [3.8, 4) is 0 Å². The third kappa shape index (κ3) is 3.93. The van der Waals surface area contributed by atoms with E-state index in [4.69, 9.17) is 9.47 Å². The number of rotatable bonds is 6. The molecule has 2 heterocycles. The van der Waals surface area contributed by atoms with Gasteiger partial charge in [0.1, 0.15) is 10.8 Å². The summed E-state index contributed by atoms with van der Waals surface area (Å²) in [6.45, 7) is 14.6. The first-order valence-corrected chi connectivity index (χ1v) is 10.1. The highest BCUT2D eigenvalue weighted by Gasteiger charge is 2.37. The van der Waals surface area contributed by atoms with Crippen LogP contribution >= 0.6 is 11.3 Å². The average molecular weight is 364 g/mol. The zero-order valence-corrected chi connectivity index (χ0v) is 16.5. The molecule has 0 atom stereocenters. The summed E-state index contributed by atoms with van der Waals surface area (Å²) in [6.07, 6.45) is 3.63. The van der Waals surface area contributed by atoms with Gasteiger partial charge in [0.05, 0.1) is 30.3 Å². The van der Waals surface area contributed by atoms with Crippen LogP contribution in [0.25, 0.3) is 5.76 Å². The monoisotopic (exact) mass is 363 g/mol. The van der Waals surface area contributed by atoms with Gasteiger partial charge in [0.2, 0.25) is 0 Å². The zero-order chi connectivity index (χ0) is 18.0. The third-order valence-corrected chi connectivity index (χ3v) is 6.22. The van der Waals surface area contributed by atoms with Gasteiger partial charge in [0.25, 0.3) is 0 Å². The summed E-state index contributed by atoms with van der Waals surface area (Å²) in [5.41, 5.74) is 2.21. The average Bonchev–Trinajstić information content (AvgIpc) is 2.94. The predicted molar refractivity (Wildman–Crippen MR) is 104 cm³/mol. The summed E-state index contributed by atoms with van der Waals surface area (Å²) in [5.74, 6) is 0.983. The van der Waals surface area contributed by atoms with E-state index in [-0.39, 0.29) is 11.2 Å². The Labute approximate surface area is 154 Å². The van der Waals surface area contributed by atoms with Gasteiger partial charge in [-0.1, -0.05) is 33.8 Å². The number of anilines is 1. The fourth-order valence-electron chi connectivity index (χ4n) is 3.59. The molecule has 0 unspecified atom stereocenters. The van der Waals surface area contributed by atoms with Gasteiger partial charge in [0, 0.05) is 19.5 Å². The molecule has 1 aromatic heterocycles. The highest BCUT2D eigenvalue weighted by atomic mass is 32.1. The van der Waals surface area contributed by atoms with Gasteiger partial charge in [-0.2, -0.15) is 0 Å². The van der Waals surface area contributed by atoms with Gasteiger partial charge >= 0.3 is 0 Å². The van der Waals surface area contributed by atoms with E-state index >= 15 is 0 Å². The van der Waals surface area contributed by atoms with E-state index in [1.54, 1.807) is 11.3 Å². The molecular formula is C20H29NO3S. The minimum Gasteiger partial charge on any atom is -0.493 e. The number of thiophene rings is 1. The van der Waals surface area contributed by atoms with Gasteiger partial charge in [-0.25, -0.2) is 0 Å². The standard InChI is InChI=1S/C20H29NO3S/c1-5-6-9-24-14(2)17-15-12-20(3,4)13-16(22)18(15)25-19(17)21-7-10-23-11-8-21/h2,5-13H2,1,3-4H3. The Hall–Kier alpha value is -1.33. The molecule has 25 heavy (non-hydrogen) atoms. The lowest BCUT2D eigenvalue weighted by Crippen LogP contribution is -2.36. The first kappa shape index (κ1) is 18.5. The lowest BCUT2D eigenvalue weighted by molar-refractivity contribution is 0.0917. The molecule has 0 aromatic carbocycles. The van der Waals surface area contributed by atoms with E-state index in [0.29, 0.717) is 13.0 Å². The van der Waals surface area contributed by atoms with Crippen molar-refractivity contribution in [2.45, 2.75) is 46.5 Å². The summed E-state index contributed by atoms with van der Waals surface area (Å²) in [4.78, 5) is 16.0. The molecule has 0 N–H and O–H groups in total. The second-order valence-electron chi connectivity index (χ2n) is 7.76. The topological polar surface area (TPSA) is 38.8 Å². The lowest BCUT2D eigenvalue weighted by atomic mass is 9.75. The molecule has 0 amide bonds. The summed E-state index contributed by atoms with van der Waals surface area (Å²) >= 11 is 1.62. The van der Waals surface area contributed by atoms with Crippen LogP contribution in [0.3, 0.4) is 0 Å². The maximum Gasteiger partial charge on any atom is 0.173 e. The van der Waals surface area contributed by atoms with Crippen molar-refractivity contribution in [2.75, 3.05) is 37.8 Å². The minimum absolute atomic E-state index is 0.00805. The summed E-state index contributed by atoms with van der Waals surface area (Å²) in [7, 11) is 0. The van der Waals surface area contributed by atoms with Crippen molar-refractivity contribution in [1.29, 1.82) is 0 Å². The van der Waals surface area contributed by atoms with Crippen LogP contribution in [0.2, 0.25) is 0 Å². The highest BCUT2D eigenvalue weighted by molar-refractivity contribution is 7.18. The van der Waals surface area contributed by atoms with Crippen molar-refractivity contribution in [3.05, 3.63) is 22.6 Å². The number of carbonyl (C=O) groups is 1. The van der Waals surface area contributed by atoms with Crippen molar-refractivity contribution in [2.24, 2.45) is 5.41 Å². The summed E-state index contributed by atoms with van der Waals surface area (Å²) in [6, 6.07) is 0. The maximum atomic E-state index is 12.7. The summed E-state index contributed by atoms with van der Waals surface area (Å²) < 4.78 is 11.5. The van der Waals surface area contributed by atoms with Crippen LogP contribution in [-0.4, -0.2) is 38.7 Å². The number of nitrogens with zero attached hydrogens (tertiary/aromatic N) is 1. The molecule has 1 aliphatic heterocycles. The molecule has 3 rings (SSSR count). The molecule has 138 valence electrons. The van der Waals surface area contributed by atoms with Crippen molar-refractivity contribution in [3.63, 3.8) is 0 Å². The molecule has 2 aliphatic rings. The Balaban J connectivity index is 1.99. The largest absolute Gasteiger partial charge is 0.493 e. The van der Waals surface area contributed by atoms with E-state index in [2.05, 4.69) is 32.3 Å². The van der Waals surface area contributed by atoms with Crippen molar-refractivity contribution >= 4 is 27.9 Å². The van der Waals surface area contributed by atoms with Crippen LogP contribution < -0.4 is 4.90 Å². The summed E-state index contributed by atoms with van der Waals surface area (Å²) in [5, 5.41) is 1.14. The van der Waals surface area contributed by atoms with Crippen LogP contribution in [0.1, 0.15) is 60.8 Å². The molecular weight excluding hydrogens is 334 g/mol. The number of carbonyl (C=O) groups excluding carboxylic acids is 1. The van der Waals surface area contributed by atoms with E-state index in [0.717, 1.165) is 72.3 Å². The molecule has 1 fully saturated rings. The first-order valence-electron chi connectivity index (χ1n) is 9.26. The lowest BCUT2D eigenvalue weighted by Gasteiger charge is -2.30. The van der Waals surface area contributed by atoms with Gasteiger partial charge in [-0.15, -0.1) is 11.3 Å². The number of unbranched alkanes of at least 4 members (excludes halogenated alkanes) is 1.